The summed E-state index contributed by atoms with van der Waals surface area (Å²) in [4.78, 5) is 41.1. The molecule has 1 aromatic rings. The average Bonchev–Trinajstić information content (AvgIpc) is 3.29. The summed E-state index contributed by atoms with van der Waals surface area (Å²) in [6, 6.07) is 3.00. The van der Waals surface area contributed by atoms with Gasteiger partial charge in [-0.3, -0.25) is 9.59 Å². The summed E-state index contributed by atoms with van der Waals surface area (Å²) < 4.78 is 29.0. The first kappa shape index (κ1) is 27.7. The van der Waals surface area contributed by atoms with Crippen molar-refractivity contribution in [3.63, 3.8) is 0 Å². The molecule has 0 radical (unpaired) electrons. The molecular formula is C26H35N3O9. The van der Waals surface area contributed by atoms with Crippen LogP contribution in [-0.4, -0.2) is 79.6 Å². The van der Waals surface area contributed by atoms with Gasteiger partial charge in [-0.2, -0.15) is 0 Å². The number of anilines is 1. The SMILES string of the molecule is C=CCOC(=O)N1c2cc(OCCCC(=O)O)c(OC)cc2C(=O)N2CCC[C@@]2(N)C1OC1CCCCO1. The van der Waals surface area contributed by atoms with Crippen LogP contribution < -0.4 is 20.1 Å². The number of fused-ring (bicyclic) bond motifs is 2. The minimum atomic E-state index is -1.35. The predicted octanol–water partition coefficient (Wildman–Crippen LogP) is 2.84. The zero-order chi connectivity index (χ0) is 27.3. The molecule has 2 amide bonds. The number of hydrogen-bond acceptors (Lipinski definition) is 9. The highest BCUT2D eigenvalue weighted by atomic mass is 16.7. The van der Waals surface area contributed by atoms with Crippen molar-refractivity contribution in [2.45, 2.75) is 63.1 Å². The molecule has 0 saturated carbocycles. The van der Waals surface area contributed by atoms with E-state index in [1.807, 2.05) is 0 Å². The number of nitrogens with two attached hydrogens (primary N) is 1. The molecule has 38 heavy (non-hydrogen) atoms. The van der Waals surface area contributed by atoms with Crippen LogP contribution in [0.1, 0.15) is 55.3 Å². The Balaban J connectivity index is 1.81. The number of rotatable bonds is 10. The van der Waals surface area contributed by atoms with Crippen LogP contribution in [0.2, 0.25) is 0 Å². The third kappa shape index (κ3) is 5.57. The van der Waals surface area contributed by atoms with Gasteiger partial charge in [0.2, 0.25) is 0 Å². The van der Waals surface area contributed by atoms with E-state index in [0.29, 0.717) is 32.4 Å². The Hall–Kier alpha value is -3.35. The number of carbonyl (C=O) groups excluding carboxylic acids is 2. The van der Waals surface area contributed by atoms with Crippen molar-refractivity contribution >= 4 is 23.7 Å². The molecule has 2 fully saturated rings. The lowest BCUT2D eigenvalue weighted by molar-refractivity contribution is -0.208. The number of nitrogens with zero attached hydrogens (tertiary/aromatic N) is 2. The molecule has 3 aliphatic rings. The number of carboxylic acid groups (broad SMARTS) is 1. The van der Waals surface area contributed by atoms with Crippen molar-refractivity contribution in [3.05, 3.63) is 30.4 Å². The van der Waals surface area contributed by atoms with Gasteiger partial charge in [-0.25, -0.2) is 9.69 Å². The van der Waals surface area contributed by atoms with E-state index in [1.54, 1.807) is 0 Å². The lowest BCUT2D eigenvalue weighted by Gasteiger charge is -2.44. The summed E-state index contributed by atoms with van der Waals surface area (Å²) in [7, 11) is 1.43. The van der Waals surface area contributed by atoms with Gasteiger partial charge in [0.25, 0.3) is 5.91 Å². The molecule has 3 atom stereocenters. The molecule has 1 aromatic carbocycles. The van der Waals surface area contributed by atoms with Gasteiger partial charge >= 0.3 is 12.1 Å². The largest absolute Gasteiger partial charge is 0.493 e. The van der Waals surface area contributed by atoms with Crippen molar-refractivity contribution in [1.82, 2.24) is 4.90 Å². The van der Waals surface area contributed by atoms with Crippen molar-refractivity contribution in [1.29, 1.82) is 0 Å². The quantitative estimate of drug-likeness (QED) is 0.339. The van der Waals surface area contributed by atoms with Crippen LogP contribution >= 0.6 is 0 Å². The number of ether oxygens (including phenoxy) is 5. The van der Waals surface area contributed by atoms with E-state index in [-0.39, 0.29) is 54.7 Å². The van der Waals surface area contributed by atoms with Gasteiger partial charge < -0.3 is 39.4 Å². The Labute approximate surface area is 221 Å². The van der Waals surface area contributed by atoms with Gasteiger partial charge in [0.05, 0.1) is 25.0 Å². The molecule has 0 spiro atoms. The highest BCUT2D eigenvalue weighted by Gasteiger charge is 2.56. The molecule has 208 valence electrons. The Kier molecular flexibility index (Phi) is 8.75. The Morgan fingerprint density at radius 3 is 2.79 bits per heavy atom. The molecular weight excluding hydrogens is 498 g/mol. The number of amides is 2. The van der Waals surface area contributed by atoms with Crippen LogP contribution in [0.5, 0.6) is 11.5 Å². The number of methoxy groups -OCH3 is 1. The van der Waals surface area contributed by atoms with Crippen molar-refractivity contribution in [2.24, 2.45) is 5.73 Å². The summed E-state index contributed by atoms with van der Waals surface area (Å²) in [6.07, 6.45) is 2.52. The van der Waals surface area contributed by atoms with Gasteiger partial charge in [0.1, 0.15) is 12.3 Å². The summed E-state index contributed by atoms with van der Waals surface area (Å²) in [6.45, 7) is 4.52. The Morgan fingerprint density at radius 1 is 1.29 bits per heavy atom. The molecule has 3 N–H and O–H groups in total. The lowest BCUT2D eigenvalue weighted by atomic mass is 10.1. The van der Waals surface area contributed by atoms with E-state index in [4.69, 9.17) is 34.5 Å². The maximum Gasteiger partial charge on any atom is 0.416 e. The molecule has 2 saturated heterocycles. The van der Waals surface area contributed by atoms with Crippen LogP contribution in [0.15, 0.2) is 24.8 Å². The number of carboxylic acids is 1. The molecule has 12 heteroatoms. The minimum Gasteiger partial charge on any atom is -0.493 e. The first-order chi connectivity index (χ1) is 18.3. The molecule has 3 aliphatic heterocycles. The zero-order valence-corrected chi connectivity index (χ0v) is 21.6. The van der Waals surface area contributed by atoms with E-state index in [0.717, 1.165) is 12.8 Å². The van der Waals surface area contributed by atoms with Crippen LogP contribution in [0.3, 0.4) is 0 Å². The summed E-state index contributed by atoms with van der Waals surface area (Å²) in [5, 5.41) is 8.94. The fourth-order valence-corrected chi connectivity index (χ4v) is 5.04. The maximum absolute atomic E-state index is 13.9. The van der Waals surface area contributed by atoms with Crippen LogP contribution in [0.4, 0.5) is 10.5 Å². The first-order valence-electron chi connectivity index (χ1n) is 12.8. The minimum absolute atomic E-state index is 0.0682. The molecule has 3 heterocycles. The molecule has 4 rings (SSSR count). The predicted molar refractivity (Wildman–Crippen MR) is 135 cm³/mol. The number of carbonyl (C=O) groups is 3. The van der Waals surface area contributed by atoms with E-state index >= 15 is 0 Å². The molecule has 0 aromatic heterocycles. The van der Waals surface area contributed by atoms with Crippen molar-refractivity contribution in [3.8, 4) is 11.5 Å². The Morgan fingerprint density at radius 2 is 2.11 bits per heavy atom. The van der Waals surface area contributed by atoms with Crippen molar-refractivity contribution in [2.75, 3.05) is 38.4 Å². The fraction of sp³-hybridized carbons (Fsp3) is 0.577. The van der Waals surface area contributed by atoms with Crippen molar-refractivity contribution < 1.29 is 43.2 Å². The number of aliphatic carboxylic acids is 1. The monoisotopic (exact) mass is 533 g/mol. The molecule has 12 nitrogen and oxygen atoms in total. The lowest BCUT2D eigenvalue weighted by Crippen LogP contribution is -2.67. The summed E-state index contributed by atoms with van der Waals surface area (Å²) in [5.41, 5.74) is 5.93. The normalized spacial score (nSPS) is 24.7. The highest BCUT2D eigenvalue weighted by Crippen LogP contribution is 2.45. The Bertz CT molecular complexity index is 1060. The molecule has 2 unspecified atom stereocenters. The second-order valence-electron chi connectivity index (χ2n) is 9.44. The van der Waals surface area contributed by atoms with E-state index in [2.05, 4.69) is 6.58 Å². The maximum atomic E-state index is 13.9. The number of benzene rings is 1. The van der Waals surface area contributed by atoms with E-state index in [9.17, 15) is 14.4 Å². The van der Waals surface area contributed by atoms with E-state index < -0.39 is 30.2 Å². The highest BCUT2D eigenvalue weighted by molar-refractivity contribution is 6.06. The zero-order valence-electron chi connectivity index (χ0n) is 21.6. The average molecular weight is 534 g/mol. The van der Waals surface area contributed by atoms with Gasteiger partial charge in [-0.05, 0) is 44.6 Å². The van der Waals surface area contributed by atoms with Crippen LogP contribution in [0, 0.1) is 0 Å². The van der Waals surface area contributed by atoms with Gasteiger partial charge in [0.15, 0.2) is 24.0 Å². The van der Waals surface area contributed by atoms with Gasteiger partial charge in [-0.1, -0.05) is 12.7 Å². The van der Waals surface area contributed by atoms with Gasteiger partial charge in [-0.15, -0.1) is 0 Å². The van der Waals surface area contributed by atoms with Crippen LogP contribution in [0.25, 0.3) is 0 Å². The smallest absolute Gasteiger partial charge is 0.416 e. The fourth-order valence-electron chi connectivity index (χ4n) is 5.04. The first-order valence-corrected chi connectivity index (χ1v) is 12.8. The second-order valence-corrected chi connectivity index (χ2v) is 9.44. The van der Waals surface area contributed by atoms with Crippen LogP contribution in [-0.2, 0) is 19.0 Å². The number of hydrogen-bond donors (Lipinski definition) is 2. The topological polar surface area (TPSA) is 150 Å². The molecule has 0 aliphatic carbocycles. The molecule has 0 bridgehead atoms. The summed E-state index contributed by atoms with van der Waals surface area (Å²) >= 11 is 0. The summed E-state index contributed by atoms with van der Waals surface area (Å²) in [5.74, 6) is -0.841. The second kappa shape index (κ2) is 12.0. The third-order valence-electron chi connectivity index (χ3n) is 6.87. The standard InChI is InChI=1S/C26H35N3O9/c1-3-12-37-25(33)29-18-16-20(35-14-6-8-21(30)31)19(34-2)15-17(18)23(32)28-11-7-10-26(28,27)24(29)38-22-9-4-5-13-36-22/h3,15-16,22,24H,1,4-14,27H2,2H3,(H,30,31)/t22?,24?,26-/m0/s1. The van der Waals surface area contributed by atoms with E-state index in [1.165, 1.54) is 35.1 Å². The third-order valence-corrected chi connectivity index (χ3v) is 6.87. The van der Waals surface area contributed by atoms with Gasteiger partial charge in [0, 0.05) is 25.6 Å².